The molecule has 0 unspecified atom stereocenters. The molecule has 1 aromatic rings. The molecular weight excluding hydrogens is 231 g/mol. The summed E-state index contributed by atoms with van der Waals surface area (Å²) in [6, 6.07) is 4.83. The largest absolute Gasteiger partial charge is 0.356 e. The number of halogens is 1. The Bertz CT molecular complexity index is 495. The molecule has 1 heterocycles. The van der Waals surface area contributed by atoms with Crippen LogP contribution in [0.5, 0.6) is 0 Å². The van der Waals surface area contributed by atoms with E-state index >= 15 is 0 Å². The standard InChI is InChI=1S/C14H17FN2O/c1-17-12-10(15)6-5-7-11(12)16-13(18)14(17)8-3-2-4-9-14/h5-7H,2-4,8-9H2,1H3,(H,16,18). The van der Waals surface area contributed by atoms with Crippen LogP contribution in [0.1, 0.15) is 32.1 Å². The quantitative estimate of drug-likeness (QED) is 0.765. The van der Waals surface area contributed by atoms with Crippen molar-refractivity contribution in [1.82, 2.24) is 0 Å². The number of rotatable bonds is 0. The molecule has 4 heteroatoms. The molecule has 3 rings (SSSR count). The first-order valence-corrected chi connectivity index (χ1v) is 6.49. The number of hydrogen-bond acceptors (Lipinski definition) is 2. The fourth-order valence-corrected chi connectivity index (χ4v) is 3.26. The Morgan fingerprint density at radius 1 is 1.28 bits per heavy atom. The van der Waals surface area contributed by atoms with Gasteiger partial charge in [-0.3, -0.25) is 4.79 Å². The number of fused-ring (bicyclic) bond motifs is 1. The second-order valence-corrected chi connectivity index (χ2v) is 5.24. The van der Waals surface area contributed by atoms with Crippen molar-refractivity contribution in [1.29, 1.82) is 0 Å². The van der Waals surface area contributed by atoms with E-state index in [0.29, 0.717) is 11.4 Å². The van der Waals surface area contributed by atoms with E-state index in [2.05, 4.69) is 5.32 Å². The van der Waals surface area contributed by atoms with Gasteiger partial charge in [0, 0.05) is 7.05 Å². The Labute approximate surface area is 106 Å². The van der Waals surface area contributed by atoms with Gasteiger partial charge in [-0.2, -0.15) is 0 Å². The smallest absolute Gasteiger partial charge is 0.250 e. The molecule has 1 spiro atoms. The van der Waals surface area contributed by atoms with Crippen LogP contribution in [0.3, 0.4) is 0 Å². The van der Waals surface area contributed by atoms with Crippen LogP contribution in [-0.4, -0.2) is 18.5 Å². The molecule has 18 heavy (non-hydrogen) atoms. The zero-order valence-electron chi connectivity index (χ0n) is 10.5. The maximum absolute atomic E-state index is 14.0. The number of hydrogen-bond donors (Lipinski definition) is 1. The van der Waals surface area contributed by atoms with E-state index in [-0.39, 0.29) is 11.7 Å². The summed E-state index contributed by atoms with van der Waals surface area (Å²) in [6.07, 6.45) is 4.84. The lowest BCUT2D eigenvalue weighted by Crippen LogP contribution is -2.59. The molecule has 1 fully saturated rings. The van der Waals surface area contributed by atoms with Gasteiger partial charge in [0.05, 0.1) is 11.4 Å². The fraction of sp³-hybridized carbons (Fsp3) is 0.500. The Hall–Kier alpha value is -1.58. The Kier molecular flexibility index (Phi) is 2.54. The Balaban J connectivity index is 2.10. The van der Waals surface area contributed by atoms with E-state index in [9.17, 15) is 9.18 Å². The van der Waals surface area contributed by atoms with Gasteiger partial charge in [0.15, 0.2) is 0 Å². The molecule has 0 atom stereocenters. The van der Waals surface area contributed by atoms with Crippen molar-refractivity contribution >= 4 is 17.3 Å². The lowest BCUT2D eigenvalue weighted by Gasteiger charge is -2.48. The predicted octanol–water partition coefficient (Wildman–Crippen LogP) is 2.92. The third-order valence-electron chi connectivity index (χ3n) is 4.32. The lowest BCUT2D eigenvalue weighted by molar-refractivity contribution is -0.122. The van der Waals surface area contributed by atoms with Crippen LogP contribution in [0, 0.1) is 5.82 Å². The summed E-state index contributed by atoms with van der Waals surface area (Å²) in [5.74, 6) is -0.247. The second-order valence-electron chi connectivity index (χ2n) is 5.24. The van der Waals surface area contributed by atoms with Gasteiger partial charge in [-0.05, 0) is 25.0 Å². The highest BCUT2D eigenvalue weighted by Crippen LogP contribution is 2.43. The molecule has 1 amide bonds. The normalized spacial score (nSPS) is 21.7. The highest BCUT2D eigenvalue weighted by atomic mass is 19.1. The first-order valence-electron chi connectivity index (χ1n) is 6.49. The summed E-state index contributed by atoms with van der Waals surface area (Å²) in [4.78, 5) is 14.2. The molecule has 0 bridgehead atoms. The number of carbonyl (C=O) groups is 1. The monoisotopic (exact) mass is 248 g/mol. The van der Waals surface area contributed by atoms with Gasteiger partial charge in [-0.1, -0.05) is 25.3 Å². The number of amides is 1. The third-order valence-corrected chi connectivity index (χ3v) is 4.32. The molecule has 0 radical (unpaired) electrons. The summed E-state index contributed by atoms with van der Waals surface area (Å²) in [6.45, 7) is 0. The van der Waals surface area contributed by atoms with Crippen molar-refractivity contribution in [3.63, 3.8) is 0 Å². The summed E-state index contributed by atoms with van der Waals surface area (Å²) >= 11 is 0. The summed E-state index contributed by atoms with van der Waals surface area (Å²) in [5.41, 5.74) is 0.561. The van der Waals surface area contributed by atoms with Crippen molar-refractivity contribution in [3.05, 3.63) is 24.0 Å². The Morgan fingerprint density at radius 3 is 2.72 bits per heavy atom. The van der Waals surface area contributed by atoms with Crippen LogP contribution in [0.15, 0.2) is 18.2 Å². The first-order chi connectivity index (χ1) is 8.65. The molecule has 1 saturated carbocycles. The van der Waals surface area contributed by atoms with Crippen molar-refractivity contribution in [2.24, 2.45) is 0 Å². The molecular formula is C14H17FN2O. The molecule has 1 aromatic carbocycles. The minimum Gasteiger partial charge on any atom is -0.356 e. The Morgan fingerprint density at radius 2 is 2.00 bits per heavy atom. The molecule has 3 nitrogen and oxygen atoms in total. The van der Waals surface area contributed by atoms with E-state index < -0.39 is 5.54 Å². The van der Waals surface area contributed by atoms with Crippen molar-refractivity contribution in [2.75, 3.05) is 17.3 Å². The van der Waals surface area contributed by atoms with E-state index in [4.69, 9.17) is 0 Å². The second kappa shape index (κ2) is 3.97. The maximum Gasteiger partial charge on any atom is 0.250 e. The fourth-order valence-electron chi connectivity index (χ4n) is 3.26. The van der Waals surface area contributed by atoms with Crippen molar-refractivity contribution < 1.29 is 9.18 Å². The average Bonchev–Trinajstić information content (AvgIpc) is 2.38. The predicted molar refractivity (Wildman–Crippen MR) is 69.2 cm³/mol. The van der Waals surface area contributed by atoms with Crippen LogP contribution in [0.2, 0.25) is 0 Å². The van der Waals surface area contributed by atoms with Crippen LogP contribution in [0.4, 0.5) is 15.8 Å². The highest BCUT2D eigenvalue weighted by molar-refractivity contribution is 6.06. The molecule has 0 saturated heterocycles. The van der Waals surface area contributed by atoms with E-state index in [1.54, 1.807) is 12.1 Å². The van der Waals surface area contributed by atoms with Gasteiger partial charge in [-0.15, -0.1) is 0 Å². The third kappa shape index (κ3) is 1.44. The molecule has 1 aliphatic carbocycles. The van der Waals surface area contributed by atoms with E-state index in [1.807, 2.05) is 11.9 Å². The van der Waals surface area contributed by atoms with Crippen LogP contribution in [0.25, 0.3) is 0 Å². The van der Waals surface area contributed by atoms with E-state index in [1.165, 1.54) is 6.07 Å². The molecule has 1 aliphatic heterocycles. The summed E-state index contributed by atoms with van der Waals surface area (Å²) in [7, 11) is 1.84. The number of benzene rings is 1. The zero-order chi connectivity index (χ0) is 12.8. The van der Waals surface area contributed by atoms with Gasteiger partial charge >= 0.3 is 0 Å². The van der Waals surface area contributed by atoms with Gasteiger partial charge in [0.1, 0.15) is 11.4 Å². The number of anilines is 2. The summed E-state index contributed by atoms with van der Waals surface area (Å²) < 4.78 is 14.0. The number of nitrogens with one attached hydrogen (secondary N) is 1. The van der Waals surface area contributed by atoms with Crippen LogP contribution < -0.4 is 10.2 Å². The van der Waals surface area contributed by atoms with Gasteiger partial charge < -0.3 is 10.2 Å². The molecule has 0 aromatic heterocycles. The molecule has 2 aliphatic rings. The molecule has 1 N–H and O–H groups in total. The highest BCUT2D eigenvalue weighted by Gasteiger charge is 2.47. The minimum absolute atomic E-state index is 0.0165. The van der Waals surface area contributed by atoms with Crippen molar-refractivity contribution in [2.45, 2.75) is 37.6 Å². The topological polar surface area (TPSA) is 32.3 Å². The zero-order valence-corrected chi connectivity index (χ0v) is 10.5. The maximum atomic E-state index is 14.0. The SMILES string of the molecule is CN1c2c(F)cccc2NC(=O)C12CCCCC2. The van der Waals surface area contributed by atoms with Crippen LogP contribution in [-0.2, 0) is 4.79 Å². The van der Waals surface area contributed by atoms with Crippen LogP contribution >= 0.6 is 0 Å². The summed E-state index contributed by atoms with van der Waals surface area (Å²) in [5, 5.41) is 2.87. The van der Waals surface area contributed by atoms with Crippen molar-refractivity contribution in [3.8, 4) is 0 Å². The molecule has 96 valence electrons. The number of para-hydroxylation sites is 1. The number of carbonyl (C=O) groups excluding carboxylic acids is 1. The average molecular weight is 248 g/mol. The van der Waals surface area contributed by atoms with Gasteiger partial charge in [0.25, 0.3) is 0 Å². The lowest BCUT2D eigenvalue weighted by atomic mass is 9.78. The van der Waals surface area contributed by atoms with Gasteiger partial charge in [-0.25, -0.2) is 4.39 Å². The minimum atomic E-state index is -0.548. The van der Waals surface area contributed by atoms with E-state index in [0.717, 1.165) is 32.1 Å². The first kappa shape index (κ1) is 11.5. The van der Waals surface area contributed by atoms with Gasteiger partial charge in [0.2, 0.25) is 5.91 Å². The number of nitrogens with zero attached hydrogens (tertiary/aromatic N) is 1. The number of likely N-dealkylation sites (N-methyl/N-ethyl adjacent to an activating group) is 1.